The van der Waals surface area contributed by atoms with Gasteiger partial charge in [0.2, 0.25) is 0 Å². The highest BCUT2D eigenvalue weighted by Gasteiger charge is 2.46. The van der Waals surface area contributed by atoms with Crippen LogP contribution in [0.25, 0.3) is 10.9 Å². The van der Waals surface area contributed by atoms with Crippen LogP contribution in [0.2, 0.25) is 16.6 Å². The van der Waals surface area contributed by atoms with E-state index in [0.29, 0.717) is 16.6 Å². The summed E-state index contributed by atoms with van der Waals surface area (Å²) in [5.41, 5.74) is 4.19. The molecule has 1 heterocycles. The van der Waals surface area contributed by atoms with Crippen molar-refractivity contribution in [2.45, 2.75) is 74.9 Å². The molecule has 0 saturated carbocycles. The van der Waals surface area contributed by atoms with Crippen molar-refractivity contribution in [3.05, 3.63) is 60.3 Å². The molecule has 28 heavy (non-hydrogen) atoms. The fourth-order valence-electron chi connectivity index (χ4n) is 5.24. The van der Waals surface area contributed by atoms with Crippen molar-refractivity contribution >= 4 is 29.9 Å². The molecule has 0 radical (unpaired) electrons. The quantitative estimate of drug-likeness (QED) is 0.395. The largest absolute Gasteiger partial charge is 0.372 e. The van der Waals surface area contributed by atoms with Crippen LogP contribution in [0.3, 0.4) is 0 Å². The van der Waals surface area contributed by atoms with E-state index in [4.69, 9.17) is 0 Å². The summed E-state index contributed by atoms with van der Waals surface area (Å²) in [5.74, 6) is 0. The number of aromatic nitrogens is 1. The highest BCUT2D eigenvalue weighted by molar-refractivity contribution is 7.85. The zero-order valence-corrected chi connectivity index (χ0v) is 20.0. The van der Waals surface area contributed by atoms with Gasteiger partial charge in [0.25, 0.3) is 0 Å². The van der Waals surface area contributed by atoms with E-state index < -0.39 is 19.0 Å². The molecule has 150 valence electrons. The molecule has 0 aliphatic heterocycles. The van der Waals surface area contributed by atoms with E-state index in [1.54, 1.807) is 0 Å². The third-order valence-electron chi connectivity index (χ3n) is 6.30. The van der Waals surface area contributed by atoms with E-state index in [9.17, 15) is 4.21 Å². The monoisotopic (exact) mass is 411 g/mol. The van der Waals surface area contributed by atoms with Crippen LogP contribution in [0.1, 0.15) is 47.1 Å². The normalized spacial score (nSPS) is 13.8. The molecule has 2 aromatic carbocycles. The van der Waals surface area contributed by atoms with E-state index in [0.717, 1.165) is 15.2 Å². The minimum Gasteiger partial charge on any atom is -0.372 e. The summed E-state index contributed by atoms with van der Waals surface area (Å²) in [4.78, 5) is 1.82. The first-order valence-corrected chi connectivity index (χ1v) is 13.6. The molecular weight excluding hydrogens is 378 g/mol. The number of nitrogens with zero attached hydrogens (tertiary/aromatic N) is 1. The zero-order valence-electron chi connectivity index (χ0n) is 18.2. The Bertz CT molecular complexity index is 964. The van der Waals surface area contributed by atoms with E-state index in [1.807, 2.05) is 24.3 Å². The van der Waals surface area contributed by atoms with Crippen molar-refractivity contribution in [3.8, 4) is 0 Å². The Hall–Kier alpha value is -1.65. The Balaban J connectivity index is 2.29. The smallest absolute Gasteiger partial charge is 0.169 e. The van der Waals surface area contributed by atoms with Gasteiger partial charge in [-0.15, -0.1) is 0 Å². The lowest BCUT2D eigenvalue weighted by Gasteiger charge is -2.44. The predicted molar refractivity (Wildman–Crippen MR) is 124 cm³/mol. The van der Waals surface area contributed by atoms with Crippen LogP contribution in [0.4, 0.5) is 0 Å². The van der Waals surface area contributed by atoms with Gasteiger partial charge in [0.1, 0.15) is 0 Å². The first kappa shape index (κ1) is 21.1. The van der Waals surface area contributed by atoms with Crippen molar-refractivity contribution in [2.24, 2.45) is 0 Å². The number of aryl methyl sites for hydroxylation is 1. The molecule has 0 fully saturated rings. The van der Waals surface area contributed by atoms with Crippen LogP contribution in [-0.2, 0) is 10.8 Å². The van der Waals surface area contributed by atoms with Crippen molar-refractivity contribution in [2.75, 3.05) is 0 Å². The number of para-hydroxylation sites is 1. The Kier molecular flexibility index (Phi) is 6.02. The van der Waals surface area contributed by atoms with Crippen LogP contribution in [-0.4, -0.2) is 16.7 Å². The lowest BCUT2D eigenvalue weighted by molar-refractivity contribution is 0.683. The third kappa shape index (κ3) is 3.31. The van der Waals surface area contributed by atoms with Gasteiger partial charge < -0.3 is 4.23 Å². The van der Waals surface area contributed by atoms with Crippen LogP contribution in [0.15, 0.2) is 64.5 Å². The Labute approximate surface area is 173 Å². The molecule has 1 aromatic heterocycles. The highest BCUT2D eigenvalue weighted by atomic mass is 32.2. The van der Waals surface area contributed by atoms with Gasteiger partial charge in [0, 0.05) is 22.0 Å². The van der Waals surface area contributed by atoms with E-state index in [2.05, 4.69) is 83.2 Å². The molecule has 0 aliphatic carbocycles. The molecule has 4 heteroatoms. The fraction of sp³-hybridized carbons (Fsp3) is 0.417. The van der Waals surface area contributed by atoms with Gasteiger partial charge in [-0.25, -0.2) is 4.21 Å². The molecule has 0 amide bonds. The SMILES string of the molecule is Cc1ccc(S(=O)c2cn([Si](C(C)C)(C(C)C)C(C)C)c3ccccc23)cc1. The summed E-state index contributed by atoms with van der Waals surface area (Å²) in [6, 6.07) is 16.6. The Morgan fingerprint density at radius 3 is 1.89 bits per heavy atom. The first-order valence-electron chi connectivity index (χ1n) is 10.3. The number of fused-ring (bicyclic) bond motifs is 1. The van der Waals surface area contributed by atoms with E-state index >= 15 is 0 Å². The number of rotatable bonds is 6. The summed E-state index contributed by atoms with van der Waals surface area (Å²) in [6.07, 6.45) is 2.23. The van der Waals surface area contributed by atoms with Gasteiger partial charge in [-0.1, -0.05) is 77.4 Å². The Morgan fingerprint density at radius 2 is 1.36 bits per heavy atom. The van der Waals surface area contributed by atoms with Gasteiger partial charge in [-0.05, 0) is 41.7 Å². The average molecular weight is 412 g/mol. The summed E-state index contributed by atoms with van der Waals surface area (Å²) >= 11 is 0. The maximum absolute atomic E-state index is 13.5. The van der Waals surface area contributed by atoms with Gasteiger partial charge in [-0.2, -0.15) is 0 Å². The minimum absolute atomic E-state index is 0.587. The topological polar surface area (TPSA) is 22.0 Å². The third-order valence-corrected chi connectivity index (χ3v) is 14.5. The average Bonchev–Trinajstić information content (AvgIpc) is 3.01. The van der Waals surface area contributed by atoms with Crippen LogP contribution >= 0.6 is 0 Å². The predicted octanol–water partition coefficient (Wildman–Crippen LogP) is 7.14. The molecule has 1 unspecified atom stereocenters. The van der Waals surface area contributed by atoms with Gasteiger partial charge in [-0.3, -0.25) is 0 Å². The zero-order chi connectivity index (χ0) is 20.6. The standard InChI is InChI=1S/C24H33NOSSi/c1-17(2)28(18(3)4,19(5)6)25-16-24(22-10-8-9-11-23(22)25)27(26)21-14-12-20(7)13-15-21/h8-19H,1-7H3. The number of benzene rings is 2. The lowest BCUT2D eigenvalue weighted by atomic mass is 10.2. The molecule has 0 bridgehead atoms. The van der Waals surface area contributed by atoms with Crippen LogP contribution in [0.5, 0.6) is 0 Å². The highest BCUT2D eigenvalue weighted by Crippen LogP contribution is 2.45. The molecular formula is C24H33NOSSi. The summed E-state index contributed by atoms with van der Waals surface area (Å²) in [6.45, 7) is 16.3. The molecule has 0 aliphatic rings. The van der Waals surface area contributed by atoms with Gasteiger partial charge in [0.05, 0.1) is 15.7 Å². The second-order valence-electron chi connectivity index (χ2n) is 8.81. The lowest BCUT2D eigenvalue weighted by Crippen LogP contribution is -2.51. The molecule has 3 aromatic rings. The van der Waals surface area contributed by atoms with Crippen molar-refractivity contribution in [3.63, 3.8) is 0 Å². The second kappa shape index (κ2) is 8.00. The van der Waals surface area contributed by atoms with Crippen molar-refractivity contribution in [1.82, 2.24) is 4.23 Å². The van der Waals surface area contributed by atoms with Gasteiger partial charge >= 0.3 is 0 Å². The Morgan fingerprint density at radius 1 is 0.821 bits per heavy atom. The van der Waals surface area contributed by atoms with Crippen molar-refractivity contribution in [1.29, 1.82) is 0 Å². The van der Waals surface area contributed by atoms with Crippen molar-refractivity contribution < 1.29 is 4.21 Å². The molecule has 0 saturated heterocycles. The summed E-state index contributed by atoms with van der Waals surface area (Å²) in [5, 5.41) is 1.13. The molecule has 0 N–H and O–H groups in total. The van der Waals surface area contributed by atoms with E-state index in [-0.39, 0.29) is 0 Å². The molecule has 1 atom stereocenters. The molecule has 2 nitrogen and oxygen atoms in total. The molecule has 0 spiro atoms. The second-order valence-corrected chi connectivity index (χ2v) is 16.0. The molecule has 3 rings (SSSR count). The first-order chi connectivity index (χ1) is 13.2. The maximum atomic E-state index is 13.5. The van der Waals surface area contributed by atoms with Crippen LogP contribution in [0, 0.1) is 6.92 Å². The number of hydrogen-bond donors (Lipinski definition) is 0. The van der Waals surface area contributed by atoms with E-state index in [1.165, 1.54) is 11.1 Å². The summed E-state index contributed by atoms with van der Waals surface area (Å²) < 4.78 is 16.1. The maximum Gasteiger partial charge on any atom is 0.169 e. The number of hydrogen-bond acceptors (Lipinski definition) is 1. The van der Waals surface area contributed by atoms with Gasteiger partial charge in [0.15, 0.2) is 8.24 Å². The summed E-state index contributed by atoms with van der Waals surface area (Å²) in [7, 11) is -3.10. The minimum atomic E-state index is -1.92. The fourth-order valence-corrected chi connectivity index (χ4v) is 13.2. The van der Waals surface area contributed by atoms with Crippen LogP contribution < -0.4 is 0 Å².